The third-order valence-corrected chi connectivity index (χ3v) is 7.17. The van der Waals surface area contributed by atoms with E-state index in [2.05, 4.69) is 84.9 Å². The van der Waals surface area contributed by atoms with Crippen LogP contribution in [0.25, 0.3) is 0 Å². The van der Waals surface area contributed by atoms with Crippen LogP contribution in [-0.2, 0) is 0 Å². The molecule has 2 heteroatoms. The van der Waals surface area contributed by atoms with E-state index in [0.717, 1.165) is 24.2 Å². The highest BCUT2D eigenvalue weighted by Gasteiger charge is 2.39. The lowest BCUT2D eigenvalue weighted by Gasteiger charge is -2.43. The summed E-state index contributed by atoms with van der Waals surface area (Å²) in [6.45, 7) is 0. The van der Waals surface area contributed by atoms with Crippen LogP contribution in [-0.4, -0.2) is 0 Å². The Bertz CT molecular complexity index is 1040. The third kappa shape index (κ3) is 4.13. The first-order valence-corrected chi connectivity index (χ1v) is 11.5. The molecule has 4 N–H and O–H groups in total. The van der Waals surface area contributed by atoms with E-state index in [1.165, 1.54) is 22.3 Å². The molecular weight excluding hydrogens is 388 g/mol. The van der Waals surface area contributed by atoms with Crippen molar-refractivity contribution in [3.8, 4) is 0 Å². The maximum absolute atomic E-state index is 6.02. The lowest BCUT2D eigenvalue weighted by atomic mass is 9.61. The van der Waals surface area contributed by atoms with Crippen molar-refractivity contribution < 1.29 is 0 Å². The van der Waals surface area contributed by atoms with Crippen molar-refractivity contribution in [3.05, 3.63) is 131 Å². The molecule has 0 heterocycles. The van der Waals surface area contributed by atoms with E-state index < -0.39 is 0 Å². The van der Waals surface area contributed by atoms with Crippen molar-refractivity contribution in [1.29, 1.82) is 0 Å². The topological polar surface area (TPSA) is 52.0 Å². The summed E-state index contributed by atoms with van der Waals surface area (Å²) >= 11 is 0. The summed E-state index contributed by atoms with van der Waals surface area (Å²) in [5.74, 6) is 1.77. The molecular formula is C30H30N2. The lowest BCUT2D eigenvalue weighted by molar-refractivity contribution is 0.307. The van der Waals surface area contributed by atoms with Gasteiger partial charge in [-0.05, 0) is 83.0 Å². The van der Waals surface area contributed by atoms with Gasteiger partial charge in [-0.25, -0.2) is 0 Å². The fraction of sp³-hybridized carbons (Fsp3) is 0.200. The maximum Gasteiger partial charge on any atom is 0.0314 e. The smallest absolute Gasteiger partial charge is 0.0314 e. The normalized spacial score (nSPS) is 23.0. The molecule has 0 spiro atoms. The molecule has 4 unspecified atom stereocenters. The van der Waals surface area contributed by atoms with Crippen LogP contribution in [0.2, 0.25) is 0 Å². The molecule has 1 fully saturated rings. The summed E-state index contributed by atoms with van der Waals surface area (Å²) in [6.07, 6.45) is 2.20. The van der Waals surface area contributed by atoms with E-state index in [1.807, 2.05) is 24.3 Å². The maximum atomic E-state index is 6.02. The summed E-state index contributed by atoms with van der Waals surface area (Å²) in [5.41, 5.74) is 19.3. The van der Waals surface area contributed by atoms with Crippen molar-refractivity contribution in [1.82, 2.24) is 0 Å². The number of nitrogen functional groups attached to an aromatic ring is 2. The van der Waals surface area contributed by atoms with Crippen molar-refractivity contribution in [3.63, 3.8) is 0 Å². The first kappa shape index (κ1) is 20.4. The summed E-state index contributed by atoms with van der Waals surface area (Å²) in [5, 5.41) is 0. The molecule has 0 bridgehead atoms. The molecule has 2 nitrogen and oxygen atoms in total. The van der Waals surface area contributed by atoms with Crippen molar-refractivity contribution in [2.45, 2.75) is 36.5 Å². The van der Waals surface area contributed by atoms with E-state index in [0.29, 0.717) is 23.7 Å². The largest absolute Gasteiger partial charge is 0.399 e. The zero-order valence-corrected chi connectivity index (χ0v) is 18.3. The van der Waals surface area contributed by atoms with E-state index in [1.54, 1.807) is 0 Å². The van der Waals surface area contributed by atoms with Gasteiger partial charge in [-0.3, -0.25) is 0 Å². The van der Waals surface area contributed by atoms with Crippen LogP contribution in [0, 0.1) is 0 Å². The predicted molar refractivity (Wildman–Crippen MR) is 135 cm³/mol. The standard InChI is InChI=1S/C30H30N2/c31-25-15-11-23(12-16-25)29-20-28(22-9-5-2-6-10-22)30(24-13-17-26(32)18-14-24)19-27(29)21-7-3-1-4-8-21/h1-18,27-30H,19-20,31-32H2. The van der Waals surface area contributed by atoms with Gasteiger partial charge in [-0.15, -0.1) is 0 Å². The summed E-state index contributed by atoms with van der Waals surface area (Å²) in [6, 6.07) is 39.1. The molecule has 1 saturated carbocycles. The van der Waals surface area contributed by atoms with Crippen LogP contribution in [0.1, 0.15) is 58.8 Å². The Balaban J connectivity index is 1.61. The SMILES string of the molecule is Nc1ccc(C2CC(c3ccccc3)C(c3ccc(N)cc3)CC2c2ccccc2)cc1. The number of rotatable bonds is 4. The molecule has 160 valence electrons. The van der Waals surface area contributed by atoms with Gasteiger partial charge >= 0.3 is 0 Å². The van der Waals surface area contributed by atoms with Crippen molar-refractivity contribution in [2.24, 2.45) is 0 Å². The Labute approximate surface area is 190 Å². The van der Waals surface area contributed by atoms with Gasteiger partial charge in [0.15, 0.2) is 0 Å². The minimum absolute atomic E-state index is 0.438. The number of anilines is 2. The van der Waals surface area contributed by atoms with Gasteiger partial charge in [-0.2, -0.15) is 0 Å². The fourth-order valence-corrected chi connectivity index (χ4v) is 5.56. The average molecular weight is 419 g/mol. The number of hydrogen-bond donors (Lipinski definition) is 2. The Kier molecular flexibility index (Phi) is 5.68. The number of nitrogens with two attached hydrogens (primary N) is 2. The molecule has 4 atom stereocenters. The summed E-state index contributed by atoms with van der Waals surface area (Å²) in [7, 11) is 0. The first-order chi connectivity index (χ1) is 15.7. The van der Waals surface area contributed by atoms with Gasteiger partial charge in [-0.1, -0.05) is 84.9 Å². The molecule has 1 aliphatic carbocycles. The second-order valence-corrected chi connectivity index (χ2v) is 9.05. The van der Waals surface area contributed by atoms with Crippen molar-refractivity contribution in [2.75, 3.05) is 11.5 Å². The lowest BCUT2D eigenvalue weighted by Crippen LogP contribution is -2.27. The monoisotopic (exact) mass is 418 g/mol. The Hall–Kier alpha value is -3.52. The highest BCUT2D eigenvalue weighted by Crippen LogP contribution is 2.55. The van der Waals surface area contributed by atoms with Crippen LogP contribution in [0.5, 0.6) is 0 Å². The second kappa shape index (κ2) is 8.92. The molecule has 0 radical (unpaired) electrons. The van der Waals surface area contributed by atoms with E-state index in [9.17, 15) is 0 Å². The predicted octanol–water partition coefficient (Wildman–Crippen LogP) is 7.08. The summed E-state index contributed by atoms with van der Waals surface area (Å²) < 4.78 is 0. The molecule has 0 amide bonds. The first-order valence-electron chi connectivity index (χ1n) is 11.5. The summed E-state index contributed by atoms with van der Waals surface area (Å²) in [4.78, 5) is 0. The van der Waals surface area contributed by atoms with Crippen molar-refractivity contribution >= 4 is 11.4 Å². The van der Waals surface area contributed by atoms with Crippen LogP contribution >= 0.6 is 0 Å². The molecule has 4 aromatic rings. The van der Waals surface area contributed by atoms with Crippen LogP contribution in [0.3, 0.4) is 0 Å². The fourth-order valence-electron chi connectivity index (χ4n) is 5.56. The highest BCUT2D eigenvalue weighted by molar-refractivity contribution is 5.45. The van der Waals surface area contributed by atoms with E-state index in [4.69, 9.17) is 11.5 Å². The van der Waals surface area contributed by atoms with Crippen LogP contribution in [0.4, 0.5) is 11.4 Å². The molecule has 1 aliphatic rings. The highest BCUT2D eigenvalue weighted by atomic mass is 14.5. The van der Waals surface area contributed by atoms with Crippen LogP contribution in [0.15, 0.2) is 109 Å². The zero-order chi connectivity index (χ0) is 21.9. The van der Waals surface area contributed by atoms with Gasteiger partial charge in [0, 0.05) is 11.4 Å². The molecule has 5 rings (SSSR count). The average Bonchev–Trinajstić information content (AvgIpc) is 2.85. The van der Waals surface area contributed by atoms with Gasteiger partial charge in [0.05, 0.1) is 0 Å². The molecule has 4 aromatic carbocycles. The zero-order valence-electron chi connectivity index (χ0n) is 18.3. The molecule has 0 aromatic heterocycles. The number of benzene rings is 4. The van der Waals surface area contributed by atoms with E-state index in [-0.39, 0.29) is 0 Å². The molecule has 0 aliphatic heterocycles. The van der Waals surface area contributed by atoms with Gasteiger partial charge in [0.25, 0.3) is 0 Å². The van der Waals surface area contributed by atoms with Gasteiger partial charge in [0.1, 0.15) is 0 Å². The van der Waals surface area contributed by atoms with Gasteiger partial charge < -0.3 is 11.5 Å². The second-order valence-electron chi connectivity index (χ2n) is 9.05. The quantitative estimate of drug-likeness (QED) is 0.348. The molecule has 32 heavy (non-hydrogen) atoms. The minimum atomic E-state index is 0.438. The Morgan fingerprint density at radius 1 is 0.375 bits per heavy atom. The minimum Gasteiger partial charge on any atom is -0.399 e. The van der Waals surface area contributed by atoms with Crippen LogP contribution < -0.4 is 11.5 Å². The number of hydrogen-bond acceptors (Lipinski definition) is 2. The van der Waals surface area contributed by atoms with Gasteiger partial charge in [0.2, 0.25) is 0 Å². The van der Waals surface area contributed by atoms with E-state index >= 15 is 0 Å². The Morgan fingerprint density at radius 2 is 0.656 bits per heavy atom. The third-order valence-electron chi connectivity index (χ3n) is 7.17. The molecule has 0 saturated heterocycles. The Morgan fingerprint density at radius 3 is 0.969 bits per heavy atom.